The third kappa shape index (κ3) is 3.94. The molecule has 6 heteroatoms. The zero-order valence-electron chi connectivity index (χ0n) is 13.9. The number of para-hydroxylation sites is 1. The van der Waals surface area contributed by atoms with Gasteiger partial charge < -0.3 is 8.92 Å². The number of carbonyl (C=O) groups excluding carboxylic acids is 1. The molecule has 0 fully saturated rings. The lowest BCUT2D eigenvalue weighted by molar-refractivity contribution is 0.0600. The number of ether oxygens (including phenoxy) is 1. The summed E-state index contributed by atoms with van der Waals surface area (Å²) in [6.45, 7) is 4.03. The lowest BCUT2D eigenvalue weighted by Crippen LogP contribution is -2.12. The fraction of sp³-hybridized carbons (Fsp3) is 0.278. The highest BCUT2D eigenvalue weighted by Gasteiger charge is 2.21. The van der Waals surface area contributed by atoms with Crippen molar-refractivity contribution in [2.24, 2.45) is 0 Å². The molecule has 2 aromatic rings. The maximum absolute atomic E-state index is 12.6. The Morgan fingerprint density at radius 2 is 1.83 bits per heavy atom. The molecular weight excluding hydrogens is 328 g/mol. The summed E-state index contributed by atoms with van der Waals surface area (Å²) < 4.78 is 35.1. The highest BCUT2D eigenvalue weighted by atomic mass is 32.2. The number of rotatable bonds is 6. The van der Waals surface area contributed by atoms with Gasteiger partial charge in [-0.1, -0.05) is 38.1 Å². The van der Waals surface area contributed by atoms with E-state index < -0.39 is 16.1 Å². The van der Waals surface area contributed by atoms with Gasteiger partial charge in [-0.15, -0.1) is 0 Å². The minimum Gasteiger partial charge on any atom is -0.465 e. The number of esters is 1. The Kier molecular flexibility index (Phi) is 5.62. The summed E-state index contributed by atoms with van der Waals surface area (Å²) >= 11 is 0. The Labute approximate surface area is 142 Å². The molecule has 0 saturated heterocycles. The quantitative estimate of drug-likeness (QED) is 0.587. The molecule has 2 aromatic carbocycles. The molecule has 0 aliphatic heterocycles. The highest BCUT2D eigenvalue weighted by Crippen LogP contribution is 2.30. The molecule has 0 aliphatic rings. The number of benzene rings is 2. The van der Waals surface area contributed by atoms with Gasteiger partial charge in [-0.05, 0) is 42.2 Å². The van der Waals surface area contributed by atoms with Gasteiger partial charge in [0.2, 0.25) is 0 Å². The van der Waals surface area contributed by atoms with Crippen LogP contribution >= 0.6 is 0 Å². The molecule has 0 saturated carbocycles. The first-order valence-electron chi connectivity index (χ1n) is 7.60. The number of carbonyl (C=O) groups is 1. The summed E-state index contributed by atoms with van der Waals surface area (Å²) in [6, 6.07) is 12.6. The second-order valence-electron chi connectivity index (χ2n) is 5.40. The van der Waals surface area contributed by atoms with Crippen LogP contribution in [0.5, 0.6) is 5.75 Å². The molecule has 0 amide bonds. The molecule has 0 N–H and O–H groups in total. The van der Waals surface area contributed by atoms with Crippen molar-refractivity contribution < 1.29 is 22.1 Å². The lowest BCUT2D eigenvalue weighted by atomic mass is 9.98. The van der Waals surface area contributed by atoms with Gasteiger partial charge in [-0.3, -0.25) is 0 Å². The summed E-state index contributed by atoms with van der Waals surface area (Å²) in [6.07, 6.45) is 0.859. The van der Waals surface area contributed by atoms with Gasteiger partial charge >= 0.3 is 16.1 Å². The number of methoxy groups -OCH3 is 1. The Morgan fingerprint density at radius 1 is 1.12 bits per heavy atom. The number of hydrogen-bond donors (Lipinski definition) is 0. The molecule has 0 radical (unpaired) electrons. The van der Waals surface area contributed by atoms with Crippen LogP contribution in [0, 0.1) is 0 Å². The van der Waals surface area contributed by atoms with Crippen molar-refractivity contribution in [3.05, 3.63) is 59.7 Å². The maximum atomic E-state index is 12.6. The van der Waals surface area contributed by atoms with E-state index in [1.807, 2.05) is 26.0 Å². The van der Waals surface area contributed by atoms with Crippen LogP contribution in [0.3, 0.4) is 0 Å². The first-order valence-corrected chi connectivity index (χ1v) is 9.01. The van der Waals surface area contributed by atoms with Crippen LogP contribution in [-0.2, 0) is 14.9 Å². The third-order valence-electron chi connectivity index (χ3n) is 3.81. The Bertz CT molecular complexity index is 827. The van der Waals surface area contributed by atoms with Gasteiger partial charge in [0.05, 0.1) is 12.7 Å². The smallest absolute Gasteiger partial charge is 0.339 e. The van der Waals surface area contributed by atoms with E-state index in [4.69, 9.17) is 4.18 Å². The van der Waals surface area contributed by atoms with Crippen molar-refractivity contribution in [2.75, 3.05) is 7.11 Å². The summed E-state index contributed by atoms with van der Waals surface area (Å²) in [5, 5.41) is 0. The van der Waals surface area contributed by atoms with Crippen LogP contribution in [-0.4, -0.2) is 21.5 Å². The zero-order valence-corrected chi connectivity index (χ0v) is 14.7. The van der Waals surface area contributed by atoms with Crippen molar-refractivity contribution >= 4 is 16.1 Å². The molecule has 0 heterocycles. The first-order chi connectivity index (χ1) is 11.4. The summed E-state index contributed by atoms with van der Waals surface area (Å²) in [5.41, 5.74) is 0.977. The third-order valence-corrected chi connectivity index (χ3v) is 5.04. The molecule has 0 aliphatic carbocycles. The van der Waals surface area contributed by atoms with Gasteiger partial charge in [-0.25, -0.2) is 4.79 Å². The van der Waals surface area contributed by atoms with Crippen LogP contribution in [0.25, 0.3) is 0 Å². The second kappa shape index (κ2) is 7.49. The van der Waals surface area contributed by atoms with E-state index in [0.29, 0.717) is 5.75 Å². The second-order valence-corrected chi connectivity index (χ2v) is 6.95. The van der Waals surface area contributed by atoms with E-state index >= 15 is 0 Å². The van der Waals surface area contributed by atoms with Crippen molar-refractivity contribution in [1.29, 1.82) is 0 Å². The van der Waals surface area contributed by atoms with Crippen molar-refractivity contribution in [1.82, 2.24) is 0 Å². The van der Waals surface area contributed by atoms with E-state index in [2.05, 4.69) is 4.74 Å². The standard InChI is InChI=1S/C18H20O5S/c1-4-13(2)16-10-5-6-11-17(16)23-24(20,21)15-9-7-8-14(12-15)18(19)22-3/h5-13H,4H2,1-3H3. The summed E-state index contributed by atoms with van der Waals surface area (Å²) in [4.78, 5) is 11.5. The average Bonchev–Trinajstić information content (AvgIpc) is 2.60. The normalized spacial score (nSPS) is 12.5. The summed E-state index contributed by atoms with van der Waals surface area (Å²) in [5.74, 6) is -0.139. The molecule has 24 heavy (non-hydrogen) atoms. The van der Waals surface area contributed by atoms with Crippen molar-refractivity contribution in [2.45, 2.75) is 31.1 Å². The van der Waals surface area contributed by atoms with Crippen LogP contribution in [0.4, 0.5) is 0 Å². The lowest BCUT2D eigenvalue weighted by Gasteiger charge is -2.15. The molecule has 1 unspecified atom stereocenters. The Hall–Kier alpha value is -2.34. The fourth-order valence-corrected chi connectivity index (χ4v) is 3.25. The molecule has 128 valence electrons. The van der Waals surface area contributed by atoms with E-state index in [0.717, 1.165) is 12.0 Å². The summed E-state index contributed by atoms with van der Waals surface area (Å²) in [7, 11) is -2.81. The Balaban J connectivity index is 2.38. The average molecular weight is 348 g/mol. The molecule has 2 rings (SSSR count). The SMILES string of the molecule is CCC(C)c1ccccc1OS(=O)(=O)c1cccc(C(=O)OC)c1. The van der Waals surface area contributed by atoms with Gasteiger partial charge in [0.1, 0.15) is 10.6 Å². The van der Waals surface area contributed by atoms with Gasteiger partial charge in [0, 0.05) is 0 Å². The fourth-order valence-electron chi connectivity index (χ4n) is 2.25. The molecular formula is C18H20O5S. The minimum atomic E-state index is -4.05. The van der Waals surface area contributed by atoms with Crippen LogP contribution in [0.2, 0.25) is 0 Å². The van der Waals surface area contributed by atoms with Crippen LogP contribution in [0.15, 0.2) is 53.4 Å². The first kappa shape index (κ1) is 18.0. The topological polar surface area (TPSA) is 69.7 Å². The Morgan fingerprint density at radius 3 is 2.50 bits per heavy atom. The van der Waals surface area contributed by atoms with E-state index in [9.17, 15) is 13.2 Å². The van der Waals surface area contributed by atoms with Crippen LogP contribution in [0.1, 0.15) is 42.1 Å². The highest BCUT2D eigenvalue weighted by molar-refractivity contribution is 7.87. The van der Waals surface area contributed by atoms with Gasteiger partial charge in [-0.2, -0.15) is 8.42 Å². The van der Waals surface area contributed by atoms with Gasteiger partial charge in [0.15, 0.2) is 0 Å². The monoisotopic (exact) mass is 348 g/mol. The number of hydrogen-bond acceptors (Lipinski definition) is 5. The van der Waals surface area contributed by atoms with Crippen LogP contribution < -0.4 is 4.18 Å². The molecule has 0 bridgehead atoms. The van der Waals surface area contributed by atoms with Crippen molar-refractivity contribution in [3.8, 4) is 5.75 Å². The van der Waals surface area contributed by atoms with E-state index in [1.165, 1.54) is 31.4 Å². The minimum absolute atomic E-state index is 0.0932. The van der Waals surface area contributed by atoms with E-state index in [-0.39, 0.29) is 16.4 Å². The van der Waals surface area contributed by atoms with Gasteiger partial charge in [0.25, 0.3) is 0 Å². The molecule has 0 spiro atoms. The largest absolute Gasteiger partial charge is 0.465 e. The maximum Gasteiger partial charge on any atom is 0.339 e. The predicted molar refractivity (Wildman–Crippen MR) is 90.7 cm³/mol. The predicted octanol–water partition coefficient (Wildman–Crippen LogP) is 3.75. The molecule has 5 nitrogen and oxygen atoms in total. The molecule has 1 atom stereocenters. The van der Waals surface area contributed by atoms with E-state index in [1.54, 1.807) is 12.1 Å². The van der Waals surface area contributed by atoms with Crippen molar-refractivity contribution in [3.63, 3.8) is 0 Å². The zero-order chi connectivity index (χ0) is 17.7. The molecule has 0 aromatic heterocycles.